The SMILES string of the molecule is CSCc1cccc(C(=O)N(C)[C@H](C)c2ccc(-n3cncn3)cc2)c1. The minimum Gasteiger partial charge on any atom is -0.335 e. The maximum Gasteiger partial charge on any atom is 0.254 e. The summed E-state index contributed by atoms with van der Waals surface area (Å²) in [5.41, 5.74) is 3.91. The first-order valence-electron chi connectivity index (χ1n) is 8.40. The van der Waals surface area contributed by atoms with E-state index in [0.717, 1.165) is 22.6 Å². The fraction of sp³-hybridized carbons (Fsp3) is 0.250. The number of hydrogen-bond acceptors (Lipinski definition) is 4. The quantitative estimate of drug-likeness (QED) is 0.662. The zero-order valence-corrected chi connectivity index (χ0v) is 16.0. The molecule has 0 aliphatic carbocycles. The molecular formula is C20H22N4OS. The Hall–Kier alpha value is -2.60. The Kier molecular flexibility index (Phi) is 5.73. The van der Waals surface area contributed by atoms with Crippen LogP contribution in [0.15, 0.2) is 61.2 Å². The summed E-state index contributed by atoms with van der Waals surface area (Å²) < 4.78 is 1.71. The summed E-state index contributed by atoms with van der Waals surface area (Å²) in [6, 6.07) is 15.8. The number of aromatic nitrogens is 3. The Morgan fingerprint density at radius 3 is 2.65 bits per heavy atom. The van der Waals surface area contributed by atoms with Crippen LogP contribution >= 0.6 is 11.8 Å². The lowest BCUT2D eigenvalue weighted by Crippen LogP contribution is -2.29. The smallest absolute Gasteiger partial charge is 0.254 e. The van der Waals surface area contributed by atoms with Gasteiger partial charge in [0.05, 0.1) is 11.7 Å². The fourth-order valence-corrected chi connectivity index (χ4v) is 3.32. The summed E-state index contributed by atoms with van der Waals surface area (Å²) in [5, 5.41) is 4.13. The summed E-state index contributed by atoms with van der Waals surface area (Å²) in [4.78, 5) is 18.6. The number of rotatable bonds is 6. The topological polar surface area (TPSA) is 51.0 Å². The van der Waals surface area contributed by atoms with Crippen molar-refractivity contribution in [1.82, 2.24) is 19.7 Å². The molecule has 3 rings (SSSR count). The summed E-state index contributed by atoms with van der Waals surface area (Å²) in [7, 11) is 1.85. The first kappa shape index (κ1) is 18.2. The first-order chi connectivity index (χ1) is 12.6. The lowest BCUT2D eigenvalue weighted by molar-refractivity contribution is 0.0742. The Balaban J connectivity index is 1.75. The zero-order valence-electron chi connectivity index (χ0n) is 15.2. The highest BCUT2D eigenvalue weighted by molar-refractivity contribution is 7.97. The van der Waals surface area contributed by atoms with Crippen molar-refractivity contribution in [2.75, 3.05) is 13.3 Å². The maximum atomic E-state index is 12.9. The van der Waals surface area contributed by atoms with E-state index < -0.39 is 0 Å². The average Bonchev–Trinajstić information content (AvgIpc) is 3.22. The van der Waals surface area contributed by atoms with Crippen molar-refractivity contribution in [2.45, 2.75) is 18.7 Å². The van der Waals surface area contributed by atoms with Crippen molar-refractivity contribution < 1.29 is 4.79 Å². The van der Waals surface area contributed by atoms with Crippen LogP contribution < -0.4 is 0 Å². The molecule has 1 amide bonds. The van der Waals surface area contributed by atoms with Crippen molar-refractivity contribution in [3.05, 3.63) is 77.9 Å². The molecule has 0 spiro atoms. The van der Waals surface area contributed by atoms with Crippen molar-refractivity contribution in [2.24, 2.45) is 0 Å². The van der Waals surface area contributed by atoms with Gasteiger partial charge < -0.3 is 4.90 Å². The minimum absolute atomic E-state index is 0.0285. The molecular weight excluding hydrogens is 344 g/mol. The molecule has 0 bridgehead atoms. The molecule has 0 radical (unpaired) electrons. The molecule has 3 aromatic rings. The van der Waals surface area contributed by atoms with Gasteiger partial charge in [-0.25, -0.2) is 9.67 Å². The number of amides is 1. The Bertz CT molecular complexity index is 862. The van der Waals surface area contributed by atoms with Gasteiger partial charge in [0.25, 0.3) is 5.91 Å². The van der Waals surface area contributed by atoms with E-state index >= 15 is 0 Å². The fourth-order valence-electron chi connectivity index (χ4n) is 2.81. The van der Waals surface area contributed by atoms with E-state index in [0.29, 0.717) is 0 Å². The maximum absolute atomic E-state index is 12.9. The van der Waals surface area contributed by atoms with Gasteiger partial charge in [-0.1, -0.05) is 24.3 Å². The van der Waals surface area contributed by atoms with Crippen molar-refractivity contribution in [3.8, 4) is 5.69 Å². The van der Waals surface area contributed by atoms with E-state index in [1.54, 1.807) is 27.7 Å². The number of thioether (sulfide) groups is 1. The Labute approximate surface area is 158 Å². The average molecular weight is 366 g/mol. The van der Waals surface area contributed by atoms with Crippen molar-refractivity contribution in [1.29, 1.82) is 0 Å². The van der Waals surface area contributed by atoms with Crippen LogP contribution in [0.4, 0.5) is 0 Å². The zero-order chi connectivity index (χ0) is 18.5. The van der Waals surface area contributed by atoms with E-state index in [1.807, 2.05) is 56.4 Å². The van der Waals surface area contributed by atoms with E-state index in [4.69, 9.17) is 0 Å². The number of benzene rings is 2. The molecule has 1 atom stereocenters. The predicted octanol–water partition coefficient (Wildman–Crippen LogP) is 3.96. The molecule has 0 N–H and O–H groups in total. The third kappa shape index (κ3) is 3.96. The second-order valence-corrected chi connectivity index (χ2v) is 7.02. The largest absolute Gasteiger partial charge is 0.335 e. The summed E-state index contributed by atoms with van der Waals surface area (Å²) in [6.45, 7) is 2.04. The van der Waals surface area contributed by atoms with Crippen LogP contribution in [0.1, 0.15) is 34.5 Å². The second-order valence-electron chi connectivity index (χ2n) is 6.16. The van der Waals surface area contributed by atoms with Gasteiger partial charge in [0.1, 0.15) is 12.7 Å². The predicted molar refractivity (Wildman–Crippen MR) is 106 cm³/mol. The van der Waals surface area contributed by atoms with Gasteiger partial charge in [-0.15, -0.1) is 0 Å². The second kappa shape index (κ2) is 8.19. The monoisotopic (exact) mass is 366 g/mol. The molecule has 0 saturated heterocycles. The number of hydrogen-bond donors (Lipinski definition) is 0. The molecule has 2 aromatic carbocycles. The van der Waals surface area contributed by atoms with Crippen molar-refractivity contribution >= 4 is 17.7 Å². The van der Waals surface area contributed by atoms with Crippen LogP contribution in [0, 0.1) is 0 Å². The van der Waals surface area contributed by atoms with Gasteiger partial charge in [-0.3, -0.25) is 4.79 Å². The number of carbonyl (C=O) groups excluding carboxylic acids is 1. The number of carbonyl (C=O) groups is 1. The molecule has 134 valence electrons. The Morgan fingerprint density at radius 1 is 1.23 bits per heavy atom. The lowest BCUT2D eigenvalue weighted by atomic mass is 10.0. The van der Waals surface area contributed by atoms with Crippen molar-refractivity contribution in [3.63, 3.8) is 0 Å². The molecule has 0 fully saturated rings. The number of nitrogens with zero attached hydrogens (tertiary/aromatic N) is 4. The van der Waals surface area contributed by atoms with E-state index in [2.05, 4.69) is 22.4 Å². The van der Waals surface area contributed by atoms with Crippen LogP contribution in [-0.4, -0.2) is 38.9 Å². The first-order valence-corrected chi connectivity index (χ1v) is 9.79. The standard InChI is InChI=1S/C20H22N4OS/c1-15(17-7-9-19(10-8-17)24-14-21-13-22-24)23(2)20(25)18-6-4-5-16(11-18)12-26-3/h4-11,13-15H,12H2,1-3H3/t15-/m1/s1. The van der Waals surface area contributed by atoms with Crippen LogP contribution in [0.5, 0.6) is 0 Å². The van der Waals surface area contributed by atoms with Gasteiger partial charge in [-0.05, 0) is 48.6 Å². The highest BCUT2D eigenvalue weighted by atomic mass is 32.2. The third-order valence-corrected chi connectivity index (χ3v) is 5.07. The van der Waals surface area contributed by atoms with Gasteiger partial charge in [0.2, 0.25) is 0 Å². The van der Waals surface area contributed by atoms with E-state index in [9.17, 15) is 4.79 Å². The lowest BCUT2D eigenvalue weighted by Gasteiger charge is -2.26. The van der Waals surface area contributed by atoms with E-state index in [1.165, 1.54) is 11.9 Å². The molecule has 0 saturated carbocycles. The molecule has 0 aliphatic rings. The van der Waals surface area contributed by atoms with Crippen LogP contribution in [-0.2, 0) is 5.75 Å². The van der Waals surface area contributed by atoms with Crippen LogP contribution in [0.25, 0.3) is 5.69 Å². The molecule has 1 aromatic heterocycles. The van der Waals surface area contributed by atoms with E-state index in [-0.39, 0.29) is 11.9 Å². The molecule has 26 heavy (non-hydrogen) atoms. The summed E-state index contributed by atoms with van der Waals surface area (Å²) >= 11 is 1.75. The summed E-state index contributed by atoms with van der Waals surface area (Å²) in [5.74, 6) is 0.935. The van der Waals surface area contributed by atoms with Crippen LogP contribution in [0.2, 0.25) is 0 Å². The van der Waals surface area contributed by atoms with Crippen LogP contribution in [0.3, 0.4) is 0 Å². The molecule has 6 heteroatoms. The highest BCUT2D eigenvalue weighted by Crippen LogP contribution is 2.22. The molecule has 5 nitrogen and oxygen atoms in total. The Morgan fingerprint density at radius 2 is 2.00 bits per heavy atom. The molecule has 0 aliphatic heterocycles. The summed E-state index contributed by atoms with van der Waals surface area (Å²) in [6.07, 6.45) is 5.23. The van der Waals surface area contributed by atoms with Gasteiger partial charge in [0, 0.05) is 18.4 Å². The normalized spacial score (nSPS) is 12.0. The molecule has 0 unspecified atom stereocenters. The third-order valence-electron chi connectivity index (χ3n) is 4.45. The molecule has 1 heterocycles. The van der Waals surface area contributed by atoms with Gasteiger partial charge >= 0.3 is 0 Å². The highest BCUT2D eigenvalue weighted by Gasteiger charge is 2.19. The van der Waals surface area contributed by atoms with Gasteiger partial charge in [0.15, 0.2) is 0 Å². The van der Waals surface area contributed by atoms with Gasteiger partial charge in [-0.2, -0.15) is 16.9 Å². The minimum atomic E-state index is -0.0310.